The summed E-state index contributed by atoms with van der Waals surface area (Å²) in [6.45, 7) is 2.86. The fraction of sp³-hybridized carbons (Fsp3) is 0.400. The van der Waals surface area contributed by atoms with Crippen LogP contribution >= 0.6 is 34.7 Å². The molecule has 1 amide bonds. The smallest absolute Gasteiger partial charge is 0.360 e. The number of alkyl halides is 3. The molecule has 0 aliphatic carbocycles. The maximum atomic E-state index is 13.0. The average Bonchev–Trinajstić information content (AvgIpc) is 3.02. The molecule has 0 atom stereocenters. The fourth-order valence-electron chi connectivity index (χ4n) is 1.90. The molecule has 0 spiro atoms. The molecular formula is C15H16ClF3N4OS2. The lowest BCUT2D eigenvalue weighted by Crippen LogP contribution is -2.18. The third-order valence-electron chi connectivity index (χ3n) is 3.12. The quantitative estimate of drug-likeness (QED) is 0.453. The van der Waals surface area contributed by atoms with Gasteiger partial charge in [0.05, 0.1) is 22.0 Å². The van der Waals surface area contributed by atoms with Crippen LogP contribution in [0, 0.1) is 0 Å². The van der Waals surface area contributed by atoms with Gasteiger partial charge in [0.15, 0.2) is 4.34 Å². The lowest BCUT2D eigenvalue weighted by Gasteiger charge is -2.14. The summed E-state index contributed by atoms with van der Waals surface area (Å²) in [4.78, 5) is 12.0. The Balaban J connectivity index is 1.94. The van der Waals surface area contributed by atoms with Crippen molar-refractivity contribution in [2.24, 2.45) is 0 Å². The Morgan fingerprint density at radius 1 is 1.35 bits per heavy atom. The lowest BCUT2D eigenvalue weighted by atomic mass is 10.1. The molecule has 0 saturated carbocycles. The number of unbranched alkanes of at least 4 members (excludes halogenated alkanes) is 1. The van der Waals surface area contributed by atoms with Crippen molar-refractivity contribution in [2.75, 3.05) is 22.9 Å². The van der Waals surface area contributed by atoms with E-state index in [9.17, 15) is 18.0 Å². The van der Waals surface area contributed by atoms with Gasteiger partial charge < -0.3 is 10.6 Å². The molecule has 2 aromatic rings. The van der Waals surface area contributed by atoms with Crippen molar-refractivity contribution in [1.29, 1.82) is 0 Å². The van der Waals surface area contributed by atoms with Gasteiger partial charge in [-0.3, -0.25) is 4.79 Å². The summed E-state index contributed by atoms with van der Waals surface area (Å²) in [6, 6.07) is 3.34. The monoisotopic (exact) mass is 424 g/mol. The van der Waals surface area contributed by atoms with Gasteiger partial charge in [-0.05, 0) is 18.6 Å². The molecule has 142 valence electrons. The number of nitrogens with one attached hydrogen (secondary N) is 2. The zero-order chi connectivity index (χ0) is 19.2. The molecular weight excluding hydrogens is 409 g/mol. The van der Waals surface area contributed by atoms with E-state index in [1.165, 1.54) is 23.5 Å². The predicted octanol–water partition coefficient (Wildman–Crippen LogP) is 5.15. The minimum absolute atomic E-state index is 0.105. The van der Waals surface area contributed by atoms with E-state index >= 15 is 0 Å². The van der Waals surface area contributed by atoms with Crippen molar-refractivity contribution in [3.05, 3.63) is 28.8 Å². The summed E-state index contributed by atoms with van der Waals surface area (Å²) in [5.74, 6) is -0.712. The molecule has 2 rings (SSSR count). The van der Waals surface area contributed by atoms with E-state index in [-0.39, 0.29) is 10.8 Å². The Hall–Kier alpha value is -1.52. The molecule has 26 heavy (non-hydrogen) atoms. The normalized spacial score (nSPS) is 11.4. The van der Waals surface area contributed by atoms with Crippen molar-refractivity contribution >= 4 is 51.4 Å². The molecule has 1 aromatic heterocycles. The number of aromatic nitrogens is 2. The highest BCUT2D eigenvalue weighted by Crippen LogP contribution is 2.38. The van der Waals surface area contributed by atoms with E-state index in [4.69, 9.17) is 11.6 Å². The first-order chi connectivity index (χ1) is 12.3. The van der Waals surface area contributed by atoms with Gasteiger partial charge in [-0.25, -0.2) is 0 Å². The highest BCUT2D eigenvalue weighted by molar-refractivity contribution is 8.01. The number of thioether (sulfide) groups is 1. The van der Waals surface area contributed by atoms with Gasteiger partial charge in [0.2, 0.25) is 11.0 Å². The Labute approximate surface area is 161 Å². The van der Waals surface area contributed by atoms with Crippen LogP contribution in [0.25, 0.3) is 0 Å². The Bertz CT molecular complexity index is 755. The van der Waals surface area contributed by atoms with Crippen LogP contribution in [0.3, 0.4) is 0 Å². The molecule has 0 unspecified atom stereocenters. The Morgan fingerprint density at radius 2 is 2.12 bits per heavy atom. The number of benzene rings is 1. The van der Waals surface area contributed by atoms with E-state index in [2.05, 4.69) is 27.8 Å². The number of anilines is 2. The standard InChI is InChI=1S/C15H16ClF3N4OS2/c1-2-3-7-20-13-22-23-14(26-13)25-8-11(24)21-12-9(15(17,18)19)5-4-6-10(12)16/h4-6H,2-3,7-8H2,1H3,(H,20,22)(H,21,24). The molecule has 1 aromatic carbocycles. The molecule has 2 N–H and O–H groups in total. The topological polar surface area (TPSA) is 66.9 Å². The van der Waals surface area contributed by atoms with Gasteiger partial charge >= 0.3 is 6.18 Å². The minimum atomic E-state index is -4.61. The number of hydrogen-bond donors (Lipinski definition) is 2. The summed E-state index contributed by atoms with van der Waals surface area (Å²) in [5.41, 5.74) is -1.42. The molecule has 0 saturated heterocycles. The van der Waals surface area contributed by atoms with Crippen molar-refractivity contribution in [3.63, 3.8) is 0 Å². The molecule has 1 heterocycles. The van der Waals surface area contributed by atoms with Crippen LogP contribution in [-0.4, -0.2) is 28.4 Å². The molecule has 0 aliphatic heterocycles. The van der Waals surface area contributed by atoms with E-state index in [0.717, 1.165) is 37.2 Å². The third-order valence-corrected chi connectivity index (χ3v) is 5.45. The van der Waals surface area contributed by atoms with E-state index in [0.29, 0.717) is 9.47 Å². The number of hydrogen-bond acceptors (Lipinski definition) is 6. The second-order valence-corrected chi connectivity index (χ2v) is 7.76. The fourth-order valence-corrected chi connectivity index (χ4v) is 3.70. The highest BCUT2D eigenvalue weighted by Gasteiger charge is 2.34. The number of nitrogens with zero attached hydrogens (tertiary/aromatic N) is 2. The number of carbonyl (C=O) groups is 1. The van der Waals surface area contributed by atoms with Crippen LogP contribution in [-0.2, 0) is 11.0 Å². The van der Waals surface area contributed by atoms with Crippen LogP contribution in [0.2, 0.25) is 5.02 Å². The van der Waals surface area contributed by atoms with Crippen molar-refractivity contribution in [3.8, 4) is 0 Å². The summed E-state index contributed by atoms with van der Waals surface area (Å²) in [5, 5.41) is 13.7. The van der Waals surface area contributed by atoms with Crippen molar-refractivity contribution in [2.45, 2.75) is 30.3 Å². The van der Waals surface area contributed by atoms with Gasteiger partial charge in [0, 0.05) is 6.54 Å². The summed E-state index contributed by atoms with van der Waals surface area (Å²) in [7, 11) is 0. The first-order valence-corrected chi connectivity index (χ1v) is 9.85. The molecule has 0 bridgehead atoms. The average molecular weight is 425 g/mol. The maximum Gasteiger partial charge on any atom is 0.418 e. The second-order valence-electron chi connectivity index (χ2n) is 5.15. The van der Waals surface area contributed by atoms with E-state index in [1.54, 1.807) is 0 Å². The van der Waals surface area contributed by atoms with Crippen LogP contribution in [0.1, 0.15) is 25.3 Å². The van der Waals surface area contributed by atoms with Crippen LogP contribution < -0.4 is 10.6 Å². The lowest BCUT2D eigenvalue weighted by molar-refractivity contribution is -0.137. The van der Waals surface area contributed by atoms with Crippen molar-refractivity contribution in [1.82, 2.24) is 10.2 Å². The summed E-state index contributed by atoms with van der Waals surface area (Å²) < 4.78 is 39.6. The number of amides is 1. The van der Waals surface area contributed by atoms with Crippen LogP contribution in [0.4, 0.5) is 24.0 Å². The van der Waals surface area contributed by atoms with E-state index in [1.807, 2.05) is 0 Å². The molecule has 5 nitrogen and oxygen atoms in total. The number of carbonyl (C=O) groups excluding carboxylic acids is 1. The largest absolute Gasteiger partial charge is 0.418 e. The second kappa shape index (κ2) is 9.43. The zero-order valence-corrected chi connectivity index (χ0v) is 16.1. The van der Waals surface area contributed by atoms with Crippen molar-refractivity contribution < 1.29 is 18.0 Å². The number of para-hydroxylation sites is 1. The number of rotatable bonds is 8. The summed E-state index contributed by atoms with van der Waals surface area (Å²) >= 11 is 8.19. The maximum absolute atomic E-state index is 13.0. The SMILES string of the molecule is CCCCNc1nnc(SCC(=O)Nc2c(Cl)cccc2C(F)(F)F)s1. The number of halogens is 4. The van der Waals surface area contributed by atoms with Gasteiger partial charge in [-0.15, -0.1) is 10.2 Å². The molecule has 0 radical (unpaired) electrons. The highest BCUT2D eigenvalue weighted by atomic mass is 35.5. The summed E-state index contributed by atoms with van der Waals surface area (Å²) in [6.07, 6.45) is -2.56. The first-order valence-electron chi connectivity index (χ1n) is 7.67. The van der Waals surface area contributed by atoms with Gasteiger partial charge in [-0.1, -0.05) is 54.1 Å². The molecule has 0 aliphatic rings. The van der Waals surface area contributed by atoms with Gasteiger partial charge in [0.25, 0.3) is 0 Å². The third kappa shape index (κ3) is 6.03. The van der Waals surface area contributed by atoms with Crippen LogP contribution in [0.5, 0.6) is 0 Å². The molecule has 0 fully saturated rings. The van der Waals surface area contributed by atoms with Crippen LogP contribution in [0.15, 0.2) is 22.5 Å². The molecule has 11 heteroatoms. The van der Waals surface area contributed by atoms with Gasteiger partial charge in [-0.2, -0.15) is 13.2 Å². The minimum Gasteiger partial charge on any atom is -0.360 e. The van der Waals surface area contributed by atoms with Gasteiger partial charge in [0.1, 0.15) is 0 Å². The Morgan fingerprint density at radius 3 is 2.81 bits per heavy atom. The first kappa shape index (κ1) is 20.8. The van der Waals surface area contributed by atoms with E-state index < -0.39 is 23.3 Å². The Kier molecular flexibility index (Phi) is 7.54. The predicted molar refractivity (Wildman–Crippen MR) is 99.1 cm³/mol. The zero-order valence-electron chi connectivity index (χ0n) is 13.7.